The van der Waals surface area contributed by atoms with E-state index in [-0.39, 0.29) is 0 Å². The molecule has 1 fully saturated rings. The molecule has 4 rings (SSSR count). The SMILES string of the molecule is COc1ccc(-c2nn(-c3ccccc3)cc2C=NN2CCCCC2)cc1OC. The number of aromatic nitrogens is 2. The van der Waals surface area contributed by atoms with Crippen LogP contribution in [0.1, 0.15) is 24.8 Å². The molecule has 1 aromatic heterocycles. The highest BCUT2D eigenvalue weighted by Crippen LogP contribution is 2.33. The predicted molar refractivity (Wildman–Crippen MR) is 115 cm³/mol. The van der Waals surface area contributed by atoms with Crippen molar-refractivity contribution in [3.63, 3.8) is 0 Å². The quantitative estimate of drug-likeness (QED) is 0.586. The third-order valence-electron chi connectivity index (χ3n) is 5.11. The smallest absolute Gasteiger partial charge is 0.161 e. The minimum atomic E-state index is 0.679. The summed E-state index contributed by atoms with van der Waals surface area (Å²) in [5.74, 6) is 1.38. The van der Waals surface area contributed by atoms with E-state index in [4.69, 9.17) is 19.7 Å². The molecule has 0 bridgehead atoms. The maximum atomic E-state index is 5.48. The van der Waals surface area contributed by atoms with Crippen LogP contribution >= 0.6 is 0 Å². The van der Waals surface area contributed by atoms with E-state index in [9.17, 15) is 0 Å². The average molecular weight is 390 g/mol. The van der Waals surface area contributed by atoms with Crippen molar-refractivity contribution in [3.8, 4) is 28.4 Å². The Morgan fingerprint density at radius 2 is 1.69 bits per heavy atom. The molecule has 0 spiro atoms. The number of para-hydroxylation sites is 1. The highest BCUT2D eigenvalue weighted by molar-refractivity contribution is 5.89. The van der Waals surface area contributed by atoms with Crippen molar-refractivity contribution in [2.24, 2.45) is 5.10 Å². The number of ether oxygens (including phenoxy) is 2. The maximum Gasteiger partial charge on any atom is 0.161 e. The number of methoxy groups -OCH3 is 2. The third kappa shape index (κ3) is 4.26. The Morgan fingerprint density at radius 3 is 2.41 bits per heavy atom. The molecule has 0 radical (unpaired) electrons. The van der Waals surface area contributed by atoms with Gasteiger partial charge in [0, 0.05) is 30.4 Å². The molecule has 1 aliphatic heterocycles. The summed E-state index contributed by atoms with van der Waals surface area (Å²) in [6, 6.07) is 15.9. The lowest BCUT2D eigenvalue weighted by atomic mass is 10.1. The second-order valence-electron chi connectivity index (χ2n) is 7.04. The van der Waals surface area contributed by atoms with Gasteiger partial charge < -0.3 is 9.47 Å². The normalized spacial score (nSPS) is 14.3. The van der Waals surface area contributed by atoms with Gasteiger partial charge in [0.15, 0.2) is 11.5 Å². The Bertz CT molecular complexity index is 976. The molecule has 0 atom stereocenters. The van der Waals surface area contributed by atoms with Crippen LogP contribution in [0.15, 0.2) is 59.8 Å². The van der Waals surface area contributed by atoms with Crippen molar-refractivity contribution < 1.29 is 9.47 Å². The fourth-order valence-electron chi connectivity index (χ4n) is 3.54. The first-order valence-electron chi connectivity index (χ1n) is 9.95. The second kappa shape index (κ2) is 8.82. The molecule has 6 heteroatoms. The van der Waals surface area contributed by atoms with Gasteiger partial charge in [-0.05, 0) is 49.6 Å². The van der Waals surface area contributed by atoms with E-state index in [1.807, 2.05) is 65.6 Å². The van der Waals surface area contributed by atoms with Gasteiger partial charge in [0.05, 0.1) is 26.1 Å². The van der Waals surface area contributed by atoms with Crippen LogP contribution in [-0.4, -0.2) is 48.3 Å². The minimum Gasteiger partial charge on any atom is -0.493 e. The zero-order valence-electron chi connectivity index (χ0n) is 16.9. The van der Waals surface area contributed by atoms with Crippen LogP contribution < -0.4 is 9.47 Å². The summed E-state index contributed by atoms with van der Waals surface area (Å²) >= 11 is 0. The summed E-state index contributed by atoms with van der Waals surface area (Å²) in [7, 11) is 3.28. The van der Waals surface area contributed by atoms with Crippen LogP contribution in [0.3, 0.4) is 0 Å². The summed E-state index contributed by atoms with van der Waals surface area (Å²) in [6.45, 7) is 2.02. The van der Waals surface area contributed by atoms with E-state index >= 15 is 0 Å². The average Bonchev–Trinajstić information content (AvgIpc) is 3.23. The van der Waals surface area contributed by atoms with Crippen molar-refractivity contribution >= 4 is 6.21 Å². The molecule has 1 aliphatic rings. The maximum absolute atomic E-state index is 5.48. The number of piperidine rings is 1. The molecule has 0 amide bonds. The Hall–Kier alpha value is -3.28. The molecule has 0 N–H and O–H groups in total. The van der Waals surface area contributed by atoms with Gasteiger partial charge in [0.25, 0.3) is 0 Å². The second-order valence-corrected chi connectivity index (χ2v) is 7.04. The Morgan fingerprint density at radius 1 is 0.931 bits per heavy atom. The largest absolute Gasteiger partial charge is 0.493 e. The lowest BCUT2D eigenvalue weighted by Crippen LogP contribution is -2.24. The van der Waals surface area contributed by atoms with E-state index < -0.39 is 0 Å². The Labute approximate surface area is 171 Å². The van der Waals surface area contributed by atoms with Crippen molar-refractivity contribution in [3.05, 3.63) is 60.3 Å². The van der Waals surface area contributed by atoms with Crippen molar-refractivity contribution in [2.75, 3.05) is 27.3 Å². The fraction of sp³-hybridized carbons (Fsp3) is 0.304. The number of hydrogen-bond donors (Lipinski definition) is 0. The third-order valence-corrected chi connectivity index (χ3v) is 5.11. The van der Waals surface area contributed by atoms with E-state index in [1.54, 1.807) is 14.2 Å². The van der Waals surface area contributed by atoms with Gasteiger partial charge in [-0.2, -0.15) is 10.2 Å². The summed E-state index contributed by atoms with van der Waals surface area (Å²) in [6.07, 6.45) is 7.62. The first-order valence-corrected chi connectivity index (χ1v) is 9.95. The number of hydrazone groups is 1. The summed E-state index contributed by atoms with van der Waals surface area (Å²) in [5.41, 5.74) is 3.78. The lowest BCUT2D eigenvalue weighted by Gasteiger charge is -2.23. The molecule has 0 unspecified atom stereocenters. The van der Waals surface area contributed by atoms with Crippen LogP contribution in [-0.2, 0) is 0 Å². The minimum absolute atomic E-state index is 0.679. The van der Waals surface area contributed by atoms with E-state index in [2.05, 4.69) is 5.01 Å². The van der Waals surface area contributed by atoms with Gasteiger partial charge in [0.2, 0.25) is 0 Å². The predicted octanol–water partition coefficient (Wildman–Crippen LogP) is 4.38. The highest BCUT2D eigenvalue weighted by atomic mass is 16.5. The molecule has 29 heavy (non-hydrogen) atoms. The summed E-state index contributed by atoms with van der Waals surface area (Å²) in [4.78, 5) is 0. The van der Waals surface area contributed by atoms with Gasteiger partial charge in [0.1, 0.15) is 5.69 Å². The van der Waals surface area contributed by atoms with Crippen LogP contribution in [0.2, 0.25) is 0 Å². The van der Waals surface area contributed by atoms with Gasteiger partial charge in [-0.1, -0.05) is 18.2 Å². The first-order chi connectivity index (χ1) is 14.3. The molecule has 6 nitrogen and oxygen atoms in total. The van der Waals surface area contributed by atoms with E-state index in [0.29, 0.717) is 11.5 Å². The van der Waals surface area contributed by atoms with Crippen molar-refractivity contribution in [1.29, 1.82) is 0 Å². The number of hydrogen-bond acceptors (Lipinski definition) is 5. The molecule has 0 saturated carbocycles. The first kappa shape index (κ1) is 19.1. The van der Waals surface area contributed by atoms with E-state index in [1.165, 1.54) is 19.3 Å². The highest BCUT2D eigenvalue weighted by Gasteiger charge is 2.15. The van der Waals surface area contributed by atoms with Gasteiger partial charge >= 0.3 is 0 Å². The Kier molecular flexibility index (Phi) is 5.79. The monoisotopic (exact) mass is 390 g/mol. The summed E-state index contributed by atoms with van der Waals surface area (Å²) in [5, 5.41) is 11.7. The topological polar surface area (TPSA) is 51.9 Å². The van der Waals surface area contributed by atoms with Gasteiger partial charge in [-0.25, -0.2) is 4.68 Å². The fourth-order valence-corrected chi connectivity index (χ4v) is 3.54. The molecular formula is C23H26N4O2. The lowest BCUT2D eigenvalue weighted by molar-refractivity contribution is 0.240. The molecule has 3 aromatic rings. The zero-order chi connectivity index (χ0) is 20.1. The van der Waals surface area contributed by atoms with Crippen molar-refractivity contribution in [1.82, 2.24) is 14.8 Å². The van der Waals surface area contributed by atoms with Gasteiger partial charge in [-0.15, -0.1) is 0 Å². The van der Waals surface area contributed by atoms with Crippen LogP contribution in [0.4, 0.5) is 0 Å². The number of rotatable bonds is 6. The number of nitrogens with zero attached hydrogens (tertiary/aromatic N) is 4. The molecule has 0 aliphatic carbocycles. The zero-order valence-corrected chi connectivity index (χ0v) is 16.9. The molecule has 1 saturated heterocycles. The Balaban J connectivity index is 1.74. The number of benzene rings is 2. The van der Waals surface area contributed by atoms with Crippen LogP contribution in [0.25, 0.3) is 16.9 Å². The van der Waals surface area contributed by atoms with Crippen molar-refractivity contribution in [2.45, 2.75) is 19.3 Å². The van der Waals surface area contributed by atoms with E-state index in [0.717, 1.165) is 35.6 Å². The molecule has 150 valence electrons. The van der Waals surface area contributed by atoms with Crippen LogP contribution in [0.5, 0.6) is 11.5 Å². The molecule has 2 heterocycles. The summed E-state index contributed by atoms with van der Waals surface area (Å²) < 4.78 is 12.8. The standard InChI is InChI=1S/C23H26N4O2/c1-28-21-12-11-18(15-22(21)29-2)23-19(16-24-26-13-7-4-8-14-26)17-27(25-23)20-9-5-3-6-10-20/h3,5-6,9-12,15-17H,4,7-8,13-14H2,1-2H3. The molecule has 2 aromatic carbocycles. The molecular weight excluding hydrogens is 364 g/mol. The van der Waals surface area contributed by atoms with Crippen LogP contribution in [0, 0.1) is 0 Å². The van der Waals surface area contributed by atoms with Gasteiger partial charge in [-0.3, -0.25) is 5.01 Å².